The van der Waals surface area contributed by atoms with E-state index >= 15 is 0 Å². The summed E-state index contributed by atoms with van der Waals surface area (Å²) in [6.45, 7) is 6.24. The van der Waals surface area contributed by atoms with E-state index < -0.39 is 0 Å². The maximum Gasteiger partial charge on any atom is 0.250 e. The van der Waals surface area contributed by atoms with Gasteiger partial charge in [0.05, 0.1) is 16.8 Å². The molecule has 0 saturated heterocycles. The average molecular weight is 286 g/mol. The molecular formula is C16H18N2OS. The van der Waals surface area contributed by atoms with Crippen LogP contribution in [-0.4, -0.2) is 10.5 Å². The Kier molecular flexibility index (Phi) is 4.41. The minimum Gasteiger partial charge on any atom is -0.305 e. The molecule has 1 heterocycles. The van der Waals surface area contributed by atoms with Gasteiger partial charge in [-0.05, 0) is 24.1 Å². The first-order chi connectivity index (χ1) is 9.56. The molecule has 1 aromatic carbocycles. The van der Waals surface area contributed by atoms with Gasteiger partial charge in [-0.2, -0.15) is 4.99 Å². The van der Waals surface area contributed by atoms with Gasteiger partial charge in [0, 0.05) is 5.92 Å². The first-order valence-corrected chi connectivity index (χ1v) is 7.52. The second-order valence-electron chi connectivity index (χ2n) is 4.94. The standard InChI is InChI=1S/C16H18N2OS/c1-5-9-18-13-8-7-12(6-2)10-14(13)20-16(18)17-15(19)11(3)4/h1,7-8,10-11H,6,9H2,2-4H3. The minimum atomic E-state index is -0.113. The number of carbonyl (C=O) groups excluding carboxylic acids is 1. The van der Waals surface area contributed by atoms with Crippen LogP contribution in [0.15, 0.2) is 23.2 Å². The van der Waals surface area contributed by atoms with Crippen LogP contribution < -0.4 is 4.80 Å². The van der Waals surface area contributed by atoms with E-state index in [1.165, 1.54) is 16.9 Å². The molecule has 4 heteroatoms. The summed E-state index contributed by atoms with van der Waals surface area (Å²) in [7, 11) is 0. The van der Waals surface area contributed by atoms with E-state index in [0.717, 1.165) is 16.6 Å². The highest BCUT2D eigenvalue weighted by molar-refractivity contribution is 7.16. The number of benzene rings is 1. The molecule has 0 N–H and O–H groups in total. The number of nitrogens with zero attached hydrogens (tertiary/aromatic N) is 2. The smallest absolute Gasteiger partial charge is 0.250 e. The molecule has 0 fully saturated rings. The molecule has 2 aromatic rings. The van der Waals surface area contributed by atoms with Gasteiger partial charge < -0.3 is 4.57 Å². The van der Waals surface area contributed by atoms with Crippen molar-refractivity contribution in [2.45, 2.75) is 33.7 Å². The lowest BCUT2D eigenvalue weighted by Crippen LogP contribution is -2.18. The van der Waals surface area contributed by atoms with Gasteiger partial charge >= 0.3 is 0 Å². The van der Waals surface area contributed by atoms with Crippen molar-refractivity contribution < 1.29 is 4.79 Å². The maximum atomic E-state index is 11.8. The number of thiazole rings is 1. The van der Waals surface area contributed by atoms with Crippen LogP contribution in [0.1, 0.15) is 26.3 Å². The van der Waals surface area contributed by atoms with Gasteiger partial charge in [0.1, 0.15) is 0 Å². The number of hydrogen-bond acceptors (Lipinski definition) is 2. The number of terminal acetylenes is 1. The van der Waals surface area contributed by atoms with Crippen LogP contribution in [0.25, 0.3) is 10.2 Å². The zero-order valence-corrected chi connectivity index (χ0v) is 12.8. The number of amides is 1. The molecule has 0 atom stereocenters. The molecule has 0 saturated carbocycles. The Morgan fingerprint density at radius 1 is 1.50 bits per heavy atom. The molecule has 3 nitrogen and oxygen atoms in total. The number of rotatable bonds is 3. The number of aryl methyl sites for hydroxylation is 1. The van der Waals surface area contributed by atoms with E-state index in [2.05, 4.69) is 36.0 Å². The van der Waals surface area contributed by atoms with Gasteiger partial charge in [-0.3, -0.25) is 4.79 Å². The van der Waals surface area contributed by atoms with Crippen molar-refractivity contribution in [2.75, 3.05) is 0 Å². The zero-order chi connectivity index (χ0) is 14.7. The van der Waals surface area contributed by atoms with E-state index in [1.54, 1.807) is 0 Å². The Morgan fingerprint density at radius 3 is 2.85 bits per heavy atom. The third-order valence-electron chi connectivity index (χ3n) is 3.10. The Labute approximate surface area is 123 Å². The van der Waals surface area contributed by atoms with Crippen molar-refractivity contribution in [1.82, 2.24) is 4.57 Å². The fraction of sp³-hybridized carbons (Fsp3) is 0.375. The molecule has 0 aliphatic heterocycles. The van der Waals surface area contributed by atoms with Crippen molar-refractivity contribution in [2.24, 2.45) is 10.9 Å². The monoisotopic (exact) mass is 286 g/mol. The number of aromatic nitrogens is 1. The number of fused-ring (bicyclic) bond motifs is 1. The van der Waals surface area contributed by atoms with E-state index in [1.807, 2.05) is 18.4 Å². The number of carbonyl (C=O) groups is 1. The average Bonchev–Trinajstić information content (AvgIpc) is 2.76. The van der Waals surface area contributed by atoms with Gasteiger partial charge in [0.2, 0.25) is 0 Å². The SMILES string of the molecule is C#CCn1c(=NC(=O)C(C)C)sc2cc(CC)ccc21. The lowest BCUT2D eigenvalue weighted by Gasteiger charge is -2.01. The summed E-state index contributed by atoms with van der Waals surface area (Å²) in [5.41, 5.74) is 2.31. The van der Waals surface area contributed by atoms with E-state index in [4.69, 9.17) is 6.42 Å². The van der Waals surface area contributed by atoms with Crippen LogP contribution in [0.4, 0.5) is 0 Å². The normalized spacial score (nSPS) is 12.1. The van der Waals surface area contributed by atoms with Crippen molar-refractivity contribution in [1.29, 1.82) is 0 Å². The predicted molar refractivity (Wildman–Crippen MR) is 83.4 cm³/mol. The van der Waals surface area contributed by atoms with E-state index in [9.17, 15) is 4.79 Å². The highest BCUT2D eigenvalue weighted by Crippen LogP contribution is 2.19. The van der Waals surface area contributed by atoms with Gasteiger partial charge in [-0.25, -0.2) is 0 Å². The summed E-state index contributed by atoms with van der Waals surface area (Å²) in [4.78, 5) is 16.7. The molecule has 0 radical (unpaired) electrons. The third kappa shape index (κ3) is 2.83. The van der Waals surface area contributed by atoms with E-state index in [0.29, 0.717) is 11.3 Å². The Morgan fingerprint density at radius 2 is 2.25 bits per heavy atom. The fourth-order valence-electron chi connectivity index (χ4n) is 1.89. The fourth-order valence-corrected chi connectivity index (χ4v) is 2.99. The number of hydrogen-bond donors (Lipinski definition) is 0. The molecule has 0 bridgehead atoms. The molecule has 0 aliphatic carbocycles. The second-order valence-corrected chi connectivity index (χ2v) is 5.94. The molecular weight excluding hydrogens is 268 g/mol. The van der Waals surface area contributed by atoms with Gasteiger partial charge in [0.25, 0.3) is 5.91 Å². The van der Waals surface area contributed by atoms with Gasteiger partial charge in [0.15, 0.2) is 4.80 Å². The van der Waals surface area contributed by atoms with Crippen molar-refractivity contribution in [3.8, 4) is 12.3 Å². The van der Waals surface area contributed by atoms with Crippen LogP contribution in [0.3, 0.4) is 0 Å². The maximum absolute atomic E-state index is 11.8. The highest BCUT2D eigenvalue weighted by atomic mass is 32.1. The molecule has 0 unspecified atom stereocenters. The lowest BCUT2D eigenvalue weighted by molar-refractivity contribution is -0.120. The van der Waals surface area contributed by atoms with Crippen molar-refractivity contribution in [3.05, 3.63) is 28.6 Å². The van der Waals surface area contributed by atoms with Gasteiger partial charge in [-0.1, -0.05) is 44.1 Å². The lowest BCUT2D eigenvalue weighted by atomic mass is 10.2. The minimum absolute atomic E-state index is 0.106. The molecule has 0 spiro atoms. The van der Waals surface area contributed by atoms with Crippen LogP contribution in [-0.2, 0) is 17.8 Å². The van der Waals surface area contributed by atoms with Crippen LogP contribution in [0.5, 0.6) is 0 Å². The Balaban J connectivity index is 2.67. The molecule has 104 valence electrons. The van der Waals surface area contributed by atoms with Crippen molar-refractivity contribution in [3.63, 3.8) is 0 Å². The summed E-state index contributed by atoms with van der Waals surface area (Å²) >= 11 is 1.52. The zero-order valence-electron chi connectivity index (χ0n) is 12.0. The third-order valence-corrected chi connectivity index (χ3v) is 4.15. The highest BCUT2D eigenvalue weighted by Gasteiger charge is 2.09. The largest absolute Gasteiger partial charge is 0.305 e. The molecule has 1 aromatic heterocycles. The summed E-state index contributed by atoms with van der Waals surface area (Å²) in [5, 5.41) is 0. The molecule has 1 amide bonds. The van der Waals surface area contributed by atoms with Crippen LogP contribution in [0.2, 0.25) is 0 Å². The Bertz CT molecular complexity index is 744. The van der Waals surface area contributed by atoms with Crippen LogP contribution >= 0.6 is 11.3 Å². The molecule has 2 rings (SSSR count). The summed E-state index contributed by atoms with van der Waals surface area (Å²) in [5.74, 6) is 2.41. The van der Waals surface area contributed by atoms with Gasteiger partial charge in [-0.15, -0.1) is 6.42 Å². The quantitative estimate of drug-likeness (QED) is 0.799. The van der Waals surface area contributed by atoms with Crippen LogP contribution in [0, 0.1) is 18.3 Å². The Hall–Kier alpha value is -1.86. The topological polar surface area (TPSA) is 34.4 Å². The first kappa shape index (κ1) is 14.5. The summed E-state index contributed by atoms with van der Waals surface area (Å²) in [6.07, 6.45) is 6.42. The summed E-state index contributed by atoms with van der Waals surface area (Å²) in [6, 6.07) is 6.29. The van der Waals surface area contributed by atoms with E-state index in [-0.39, 0.29) is 11.8 Å². The molecule has 20 heavy (non-hydrogen) atoms. The summed E-state index contributed by atoms with van der Waals surface area (Å²) < 4.78 is 3.05. The predicted octanol–water partition coefficient (Wildman–Crippen LogP) is 2.98. The first-order valence-electron chi connectivity index (χ1n) is 6.71. The molecule has 0 aliphatic rings. The second kappa shape index (κ2) is 6.06. The van der Waals surface area contributed by atoms with Crippen molar-refractivity contribution >= 4 is 27.5 Å².